The third-order valence-corrected chi connectivity index (χ3v) is 2.65. The third-order valence-electron chi connectivity index (χ3n) is 2.43. The molecule has 0 unspecified atom stereocenters. The van der Waals surface area contributed by atoms with E-state index in [1.165, 1.54) is 5.57 Å². The number of ether oxygens (including phenoxy) is 1. The quantitative estimate of drug-likeness (QED) is 0.687. The number of methoxy groups -OCH3 is 1. The van der Waals surface area contributed by atoms with E-state index < -0.39 is 0 Å². The van der Waals surface area contributed by atoms with Crippen molar-refractivity contribution in [2.24, 2.45) is 0 Å². The average Bonchev–Trinajstić information content (AvgIpc) is 2.28. The Labute approximate surface area is 114 Å². The lowest BCUT2D eigenvalue weighted by molar-refractivity contribution is 0.410. The molecule has 18 heavy (non-hydrogen) atoms. The molecule has 1 nitrogen and oxygen atoms in total. The van der Waals surface area contributed by atoms with E-state index in [2.05, 4.69) is 19.6 Å². The summed E-state index contributed by atoms with van der Waals surface area (Å²) in [6.45, 7) is 7.78. The van der Waals surface area contributed by atoms with E-state index in [0.717, 1.165) is 23.3 Å². The van der Waals surface area contributed by atoms with E-state index in [4.69, 9.17) is 16.3 Å². The number of hydrogen-bond acceptors (Lipinski definition) is 1. The van der Waals surface area contributed by atoms with Gasteiger partial charge in [-0.15, -0.1) is 0 Å². The molecule has 0 N–H and O–H groups in total. The van der Waals surface area contributed by atoms with E-state index in [1.54, 1.807) is 7.11 Å². The number of para-hydroxylation sites is 1. The third kappa shape index (κ3) is 4.80. The Balaban J connectivity index is 2.84. The van der Waals surface area contributed by atoms with Crippen LogP contribution in [-0.2, 0) is 6.42 Å². The van der Waals surface area contributed by atoms with E-state index in [9.17, 15) is 0 Å². The molecule has 2 heteroatoms. The number of allylic oxidation sites excluding steroid dienone is 5. The average molecular weight is 263 g/mol. The molecule has 0 saturated heterocycles. The zero-order chi connectivity index (χ0) is 13.5. The van der Waals surface area contributed by atoms with Gasteiger partial charge in [-0.05, 0) is 44.1 Å². The summed E-state index contributed by atoms with van der Waals surface area (Å²) < 4.78 is 5.33. The molecule has 0 heterocycles. The van der Waals surface area contributed by atoms with Gasteiger partial charge >= 0.3 is 0 Å². The first-order valence-corrected chi connectivity index (χ1v) is 6.22. The standard InChI is InChI=1S/C16H19ClO/c1-12(2)9-15(17)11-13(3)10-14-7-5-6-8-16(14)18-4/h5-9,11H,1,10H2,2-4H3/b13-11+,15-9+. The molecule has 96 valence electrons. The number of hydrogen-bond donors (Lipinski definition) is 0. The molecule has 1 aromatic rings. The van der Waals surface area contributed by atoms with E-state index in [0.29, 0.717) is 5.03 Å². The van der Waals surface area contributed by atoms with Crippen molar-refractivity contribution in [2.45, 2.75) is 20.3 Å². The summed E-state index contributed by atoms with van der Waals surface area (Å²) in [7, 11) is 1.69. The van der Waals surface area contributed by atoms with Crippen LogP contribution in [0.25, 0.3) is 0 Å². The van der Waals surface area contributed by atoms with Crippen molar-refractivity contribution >= 4 is 11.6 Å². The summed E-state index contributed by atoms with van der Waals surface area (Å²) in [6.07, 6.45) is 4.64. The van der Waals surface area contributed by atoms with Gasteiger partial charge in [-0.2, -0.15) is 0 Å². The second-order valence-corrected chi connectivity index (χ2v) is 4.79. The Kier molecular flexibility index (Phi) is 5.73. The summed E-state index contributed by atoms with van der Waals surface area (Å²) in [5, 5.41) is 0.704. The second-order valence-electron chi connectivity index (χ2n) is 4.35. The topological polar surface area (TPSA) is 9.23 Å². The maximum absolute atomic E-state index is 6.10. The van der Waals surface area contributed by atoms with Gasteiger partial charge < -0.3 is 4.74 Å². The number of halogens is 1. The fraction of sp³-hybridized carbons (Fsp3) is 0.250. The lowest BCUT2D eigenvalue weighted by atomic mass is 10.0. The van der Waals surface area contributed by atoms with Crippen LogP contribution in [0.1, 0.15) is 19.4 Å². The summed E-state index contributed by atoms with van der Waals surface area (Å²) in [6, 6.07) is 8.01. The van der Waals surface area contributed by atoms with Crippen molar-refractivity contribution in [1.29, 1.82) is 0 Å². The van der Waals surface area contributed by atoms with Crippen LogP contribution >= 0.6 is 11.6 Å². The Bertz CT molecular complexity index is 484. The van der Waals surface area contributed by atoms with Crippen LogP contribution in [0.3, 0.4) is 0 Å². The van der Waals surface area contributed by atoms with Crippen molar-refractivity contribution < 1.29 is 4.74 Å². The minimum absolute atomic E-state index is 0.704. The largest absolute Gasteiger partial charge is 0.496 e. The van der Waals surface area contributed by atoms with Gasteiger partial charge in [0.2, 0.25) is 0 Å². The predicted octanol–water partition coefficient (Wildman–Crippen LogP) is 4.88. The number of rotatable bonds is 5. The zero-order valence-corrected chi connectivity index (χ0v) is 11.9. The molecule has 0 aliphatic carbocycles. The monoisotopic (exact) mass is 262 g/mol. The van der Waals surface area contributed by atoms with E-state index in [-0.39, 0.29) is 0 Å². The first kappa shape index (κ1) is 14.6. The highest BCUT2D eigenvalue weighted by atomic mass is 35.5. The van der Waals surface area contributed by atoms with Crippen LogP contribution in [0.4, 0.5) is 0 Å². The molecule has 0 amide bonds. The first-order valence-electron chi connectivity index (χ1n) is 5.84. The van der Waals surface area contributed by atoms with Crippen molar-refractivity contribution in [3.8, 4) is 5.75 Å². The molecule has 0 aliphatic heterocycles. The molecule has 0 atom stereocenters. The fourth-order valence-corrected chi connectivity index (χ4v) is 2.09. The summed E-state index contributed by atoms with van der Waals surface area (Å²) >= 11 is 6.10. The maximum Gasteiger partial charge on any atom is 0.122 e. The summed E-state index contributed by atoms with van der Waals surface area (Å²) in [5.74, 6) is 0.908. The molecule has 1 rings (SSSR count). The Morgan fingerprint density at radius 2 is 1.94 bits per heavy atom. The minimum Gasteiger partial charge on any atom is -0.496 e. The van der Waals surface area contributed by atoms with Gasteiger partial charge in [-0.25, -0.2) is 0 Å². The van der Waals surface area contributed by atoms with Crippen LogP contribution in [0.15, 0.2) is 59.2 Å². The molecule has 0 aliphatic rings. The fourth-order valence-electron chi connectivity index (χ4n) is 1.71. The summed E-state index contributed by atoms with van der Waals surface area (Å²) in [5.41, 5.74) is 3.29. The Hall–Kier alpha value is -1.47. The van der Waals surface area contributed by atoms with Crippen molar-refractivity contribution in [3.63, 3.8) is 0 Å². The Morgan fingerprint density at radius 1 is 1.28 bits per heavy atom. The molecular weight excluding hydrogens is 244 g/mol. The highest BCUT2D eigenvalue weighted by Gasteiger charge is 2.02. The molecule has 1 aromatic carbocycles. The predicted molar refractivity (Wildman–Crippen MR) is 79.2 cm³/mol. The van der Waals surface area contributed by atoms with Gasteiger partial charge in [0.1, 0.15) is 5.75 Å². The minimum atomic E-state index is 0.704. The van der Waals surface area contributed by atoms with Gasteiger partial charge in [0, 0.05) is 5.03 Å². The van der Waals surface area contributed by atoms with E-state index in [1.807, 2.05) is 37.3 Å². The van der Waals surface area contributed by atoms with Gasteiger partial charge in [0.05, 0.1) is 7.11 Å². The summed E-state index contributed by atoms with van der Waals surface area (Å²) in [4.78, 5) is 0. The number of benzene rings is 1. The van der Waals surface area contributed by atoms with E-state index >= 15 is 0 Å². The van der Waals surface area contributed by atoms with Crippen molar-refractivity contribution in [2.75, 3.05) is 7.11 Å². The lowest BCUT2D eigenvalue weighted by Crippen LogP contribution is -1.93. The molecule has 0 saturated carbocycles. The maximum atomic E-state index is 6.10. The zero-order valence-electron chi connectivity index (χ0n) is 11.2. The SMILES string of the molecule is C=C(C)/C=C(Cl)\C=C(/C)Cc1ccccc1OC. The molecule has 0 aromatic heterocycles. The van der Waals surface area contributed by atoms with Crippen LogP contribution in [0.5, 0.6) is 5.75 Å². The highest BCUT2D eigenvalue weighted by molar-refractivity contribution is 6.31. The smallest absolute Gasteiger partial charge is 0.122 e. The van der Waals surface area contributed by atoms with Gasteiger partial charge in [0.25, 0.3) is 0 Å². The van der Waals surface area contributed by atoms with Crippen molar-refractivity contribution in [3.05, 3.63) is 64.7 Å². The van der Waals surface area contributed by atoms with Crippen LogP contribution < -0.4 is 4.74 Å². The van der Waals surface area contributed by atoms with Gasteiger partial charge in [-0.1, -0.05) is 47.5 Å². The van der Waals surface area contributed by atoms with Gasteiger partial charge in [0.15, 0.2) is 0 Å². The van der Waals surface area contributed by atoms with Crippen LogP contribution in [0.2, 0.25) is 0 Å². The molecule has 0 radical (unpaired) electrons. The molecular formula is C16H19ClO. The molecule has 0 fully saturated rings. The van der Waals surface area contributed by atoms with Crippen LogP contribution in [-0.4, -0.2) is 7.11 Å². The van der Waals surface area contributed by atoms with Crippen LogP contribution in [0, 0.1) is 0 Å². The Morgan fingerprint density at radius 3 is 2.56 bits per heavy atom. The normalized spacial score (nSPS) is 12.4. The lowest BCUT2D eigenvalue weighted by Gasteiger charge is -2.08. The molecule has 0 spiro atoms. The first-order chi connectivity index (χ1) is 8.52. The van der Waals surface area contributed by atoms with Gasteiger partial charge in [-0.3, -0.25) is 0 Å². The highest BCUT2D eigenvalue weighted by Crippen LogP contribution is 2.21. The second kappa shape index (κ2) is 7.07. The molecule has 0 bridgehead atoms. The van der Waals surface area contributed by atoms with Crippen molar-refractivity contribution in [1.82, 2.24) is 0 Å².